The van der Waals surface area contributed by atoms with Crippen molar-refractivity contribution < 1.29 is 13.9 Å². The number of hydrogen-bond acceptors (Lipinski definition) is 6. The summed E-state index contributed by atoms with van der Waals surface area (Å²) in [6.45, 7) is 1.87. The molecular weight excluding hydrogens is 340 g/mol. The number of aromatic nitrogens is 3. The molecule has 0 saturated heterocycles. The molecule has 0 radical (unpaired) electrons. The van der Waals surface area contributed by atoms with Crippen LogP contribution < -0.4 is 10.1 Å². The largest absolute Gasteiger partial charge is 0.497 e. The molecule has 0 spiro atoms. The fourth-order valence-corrected chi connectivity index (χ4v) is 3.00. The number of thioether (sulfide) groups is 1. The standard InChI is InChI=1S/C17H18N4O3S/c1-11-14(8-9-24-11)16-19-20-17(21(16)2)25-10-15(22)18-12-4-6-13(23-3)7-5-12/h4-9H,10H2,1-3H3,(H,18,22). The SMILES string of the molecule is COc1ccc(NC(=O)CSc2nnc(-c3ccoc3C)n2C)cc1. The number of anilines is 1. The van der Waals surface area contributed by atoms with Crippen LogP contribution in [0, 0.1) is 6.92 Å². The van der Waals surface area contributed by atoms with E-state index in [0.29, 0.717) is 11.0 Å². The Hall–Kier alpha value is -2.74. The predicted octanol–water partition coefficient (Wildman–Crippen LogP) is 3.12. The summed E-state index contributed by atoms with van der Waals surface area (Å²) in [7, 11) is 3.47. The van der Waals surface area contributed by atoms with Gasteiger partial charge in [-0.2, -0.15) is 0 Å². The molecule has 0 unspecified atom stereocenters. The van der Waals surface area contributed by atoms with E-state index in [2.05, 4.69) is 15.5 Å². The number of nitrogens with one attached hydrogen (secondary N) is 1. The Kier molecular flexibility index (Phi) is 5.08. The van der Waals surface area contributed by atoms with Crippen molar-refractivity contribution in [1.82, 2.24) is 14.8 Å². The molecule has 2 aromatic heterocycles. The lowest BCUT2D eigenvalue weighted by Crippen LogP contribution is -2.14. The second-order valence-electron chi connectivity index (χ2n) is 5.32. The van der Waals surface area contributed by atoms with Crippen LogP contribution >= 0.6 is 11.8 Å². The van der Waals surface area contributed by atoms with E-state index < -0.39 is 0 Å². The van der Waals surface area contributed by atoms with Gasteiger partial charge in [-0.15, -0.1) is 10.2 Å². The van der Waals surface area contributed by atoms with E-state index in [9.17, 15) is 4.79 Å². The number of rotatable bonds is 6. The Morgan fingerprint density at radius 3 is 2.68 bits per heavy atom. The molecule has 1 aromatic carbocycles. The fourth-order valence-electron chi connectivity index (χ4n) is 2.29. The lowest BCUT2D eigenvalue weighted by Gasteiger charge is -2.06. The van der Waals surface area contributed by atoms with E-state index in [1.54, 1.807) is 37.6 Å². The van der Waals surface area contributed by atoms with E-state index in [0.717, 1.165) is 22.8 Å². The summed E-state index contributed by atoms with van der Waals surface area (Å²) in [6.07, 6.45) is 1.62. The summed E-state index contributed by atoms with van der Waals surface area (Å²) in [4.78, 5) is 12.1. The fraction of sp³-hybridized carbons (Fsp3) is 0.235. The van der Waals surface area contributed by atoms with Gasteiger partial charge in [0.25, 0.3) is 0 Å². The van der Waals surface area contributed by atoms with Crippen LogP contribution in [0.25, 0.3) is 11.4 Å². The highest BCUT2D eigenvalue weighted by molar-refractivity contribution is 7.99. The molecule has 7 nitrogen and oxygen atoms in total. The third-order valence-electron chi connectivity index (χ3n) is 3.64. The smallest absolute Gasteiger partial charge is 0.234 e. The van der Waals surface area contributed by atoms with Gasteiger partial charge in [0.2, 0.25) is 5.91 Å². The maximum atomic E-state index is 12.1. The van der Waals surface area contributed by atoms with Crippen LogP contribution in [0.1, 0.15) is 5.76 Å². The first-order chi connectivity index (χ1) is 12.1. The number of methoxy groups -OCH3 is 1. The van der Waals surface area contributed by atoms with Gasteiger partial charge in [0.15, 0.2) is 11.0 Å². The van der Waals surface area contributed by atoms with Crippen molar-refractivity contribution in [3.8, 4) is 17.1 Å². The number of amides is 1. The van der Waals surface area contributed by atoms with Gasteiger partial charge in [-0.25, -0.2) is 0 Å². The summed E-state index contributed by atoms with van der Waals surface area (Å²) in [5.41, 5.74) is 1.61. The highest BCUT2D eigenvalue weighted by atomic mass is 32.2. The predicted molar refractivity (Wildman–Crippen MR) is 95.8 cm³/mol. The third-order valence-corrected chi connectivity index (χ3v) is 4.66. The molecule has 3 aromatic rings. The van der Waals surface area contributed by atoms with Crippen molar-refractivity contribution in [1.29, 1.82) is 0 Å². The quantitative estimate of drug-likeness (QED) is 0.682. The van der Waals surface area contributed by atoms with Crippen molar-refractivity contribution in [3.05, 3.63) is 42.4 Å². The minimum absolute atomic E-state index is 0.112. The molecule has 2 heterocycles. The van der Waals surface area contributed by atoms with Crippen LogP contribution in [0.5, 0.6) is 5.75 Å². The van der Waals surface area contributed by atoms with Gasteiger partial charge < -0.3 is 19.0 Å². The Bertz CT molecular complexity index is 870. The molecule has 25 heavy (non-hydrogen) atoms. The van der Waals surface area contributed by atoms with Crippen molar-refractivity contribution in [3.63, 3.8) is 0 Å². The number of ether oxygens (including phenoxy) is 1. The minimum Gasteiger partial charge on any atom is -0.497 e. The van der Waals surface area contributed by atoms with Gasteiger partial charge in [-0.1, -0.05) is 11.8 Å². The van der Waals surface area contributed by atoms with Crippen LogP contribution in [-0.2, 0) is 11.8 Å². The number of benzene rings is 1. The van der Waals surface area contributed by atoms with Crippen LogP contribution in [0.2, 0.25) is 0 Å². The van der Waals surface area contributed by atoms with Gasteiger partial charge in [0.05, 0.1) is 24.7 Å². The normalized spacial score (nSPS) is 10.7. The van der Waals surface area contributed by atoms with Gasteiger partial charge >= 0.3 is 0 Å². The van der Waals surface area contributed by atoms with Gasteiger partial charge in [-0.3, -0.25) is 4.79 Å². The first kappa shape index (κ1) is 17.1. The highest BCUT2D eigenvalue weighted by Crippen LogP contribution is 2.26. The second kappa shape index (κ2) is 7.43. The zero-order valence-electron chi connectivity index (χ0n) is 14.1. The number of nitrogens with zero attached hydrogens (tertiary/aromatic N) is 3. The summed E-state index contributed by atoms with van der Waals surface area (Å²) in [5, 5.41) is 11.8. The van der Waals surface area contributed by atoms with Crippen LogP contribution in [-0.4, -0.2) is 33.5 Å². The number of hydrogen-bond donors (Lipinski definition) is 1. The van der Waals surface area contributed by atoms with E-state index in [1.807, 2.05) is 24.6 Å². The molecule has 0 fully saturated rings. The average Bonchev–Trinajstić information content (AvgIpc) is 3.19. The molecule has 0 atom stereocenters. The first-order valence-electron chi connectivity index (χ1n) is 7.59. The van der Waals surface area contributed by atoms with Crippen molar-refractivity contribution in [2.24, 2.45) is 7.05 Å². The summed E-state index contributed by atoms with van der Waals surface area (Å²) >= 11 is 1.33. The lowest BCUT2D eigenvalue weighted by molar-refractivity contribution is -0.113. The number of furan rings is 1. The van der Waals surface area contributed by atoms with Gasteiger partial charge in [-0.05, 0) is 37.3 Å². The maximum absolute atomic E-state index is 12.1. The van der Waals surface area contributed by atoms with E-state index in [1.165, 1.54) is 11.8 Å². The Labute approximate surface area is 149 Å². The van der Waals surface area contributed by atoms with Gasteiger partial charge in [0.1, 0.15) is 11.5 Å². The number of carbonyl (C=O) groups excluding carboxylic acids is 1. The second-order valence-corrected chi connectivity index (χ2v) is 6.26. The Morgan fingerprint density at radius 2 is 2.04 bits per heavy atom. The van der Waals surface area contributed by atoms with Crippen LogP contribution in [0.4, 0.5) is 5.69 Å². The van der Waals surface area contributed by atoms with Gasteiger partial charge in [0, 0.05) is 12.7 Å². The molecule has 0 bridgehead atoms. The van der Waals surface area contributed by atoms with Crippen LogP contribution in [0.15, 0.2) is 46.2 Å². The molecular formula is C17H18N4O3S. The molecule has 8 heteroatoms. The topological polar surface area (TPSA) is 82.2 Å². The molecule has 0 saturated carbocycles. The van der Waals surface area contributed by atoms with Crippen molar-refractivity contribution >= 4 is 23.4 Å². The molecule has 0 aliphatic carbocycles. The lowest BCUT2D eigenvalue weighted by atomic mass is 10.2. The zero-order valence-corrected chi connectivity index (χ0v) is 15.0. The van der Waals surface area contributed by atoms with Crippen molar-refractivity contribution in [2.75, 3.05) is 18.2 Å². The number of aryl methyl sites for hydroxylation is 1. The average molecular weight is 358 g/mol. The molecule has 130 valence electrons. The zero-order chi connectivity index (χ0) is 17.8. The summed E-state index contributed by atoms with van der Waals surface area (Å²) in [5.74, 6) is 2.36. The van der Waals surface area contributed by atoms with E-state index >= 15 is 0 Å². The minimum atomic E-state index is -0.112. The first-order valence-corrected chi connectivity index (χ1v) is 8.57. The number of carbonyl (C=O) groups is 1. The monoisotopic (exact) mass is 358 g/mol. The Balaban J connectivity index is 1.60. The summed E-state index contributed by atoms with van der Waals surface area (Å²) < 4.78 is 12.2. The van der Waals surface area contributed by atoms with E-state index in [4.69, 9.17) is 9.15 Å². The van der Waals surface area contributed by atoms with Crippen LogP contribution in [0.3, 0.4) is 0 Å². The maximum Gasteiger partial charge on any atom is 0.234 e. The third kappa shape index (κ3) is 3.85. The van der Waals surface area contributed by atoms with Crippen molar-refractivity contribution in [2.45, 2.75) is 12.1 Å². The van der Waals surface area contributed by atoms with E-state index in [-0.39, 0.29) is 11.7 Å². The molecule has 0 aliphatic rings. The molecule has 0 aliphatic heterocycles. The summed E-state index contributed by atoms with van der Waals surface area (Å²) in [6, 6.07) is 9.03. The molecule has 1 N–H and O–H groups in total. The highest BCUT2D eigenvalue weighted by Gasteiger charge is 2.15. The molecule has 3 rings (SSSR count). The Morgan fingerprint density at radius 1 is 1.28 bits per heavy atom. The molecule has 1 amide bonds.